The van der Waals surface area contributed by atoms with Gasteiger partial charge in [0.25, 0.3) is 0 Å². The molecule has 0 aromatic carbocycles. The summed E-state index contributed by atoms with van der Waals surface area (Å²) in [7, 11) is 1.91. The van der Waals surface area contributed by atoms with Gasteiger partial charge in [-0.15, -0.1) is 0 Å². The number of likely N-dealkylation sites (tertiary alicyclic amines) is 1. The van der Waals surface area contributed by atoms with Gasteiger partial charge in [-0.25, -0.2) is 0 Å². The molecule has 3 aliphatic rings. The number of carbonyl (C=O) groups is 1. The molecule has 1 saturated carbocycles. The van der Waals surface area contributed by atoms with Crippen molar-refractivity contribution in [2.24, 2.45) is 17.8 Å². The first-order valence-electron chi connectivity index (χ1n) is 7.31. The SMILES string of the molecule is CNC1CC2CC2CN(CC2CCOCC2)C1=O. The lowest BCUT2D eigenvalue weighted by Gasteiger charge is -2.31. The van der Waals surface area contributed by atoms with Crippen molar-refractivity contribution < 1.29 is 9.53 Å². The quantitative estimate of drug-likeness (QED) is 0.810. The average Bonchev–Trinajstić information content (AvgIpc) is 3.14. The van der Waals surface area contributed by atoms with Crippen LogP contribution in [-0.2, 0) is 9.53 Å². The highest BCUT2D eigenvalue weighted by Crippen LogP contribution is 2.44. The Morgan fingerprint density at radius 1 is 1.28 bits per heavy atom. The van der Waals surface area contributed by atoms with Crippen molar-refractivity contribution in [3.8, 4) is 0 Å². The molecule has 1 amide bonds. The van der Waals surface area contributed by atoms with Gasteiger partial charge in [-0.05, 0) is 50.5 Å². The molecule has 0 bridgehead atoms. The van der Waals surface area contributed by atoms with E-state index in [1.165, 1.54) is 6.42 Å². The molecule has 2 heterocycles. The minimum Gasteiger partial charge on any atom is -0.381 e. The van der Waals surface area contributed by atoms with E-state index in [0.29, 0.717) is 11.8 Å². The van der Waals surface area contributed by atoms with Gasteiger partial charge in [-0.2, -0.15) is 0 Å². The summed E-state index contributed by atoms with van der Waals surface area (Å²) in [6, 6.07) is 0.0577. The maximum absolute atomic E-state index is 12.4. The first-order valence-corrected chi connectivity index (χ1v) is 7.31. The number of carbonyl (C=O) groups excluding carboxylic acids is 1. The summed E-state index contributed by atoms with van der Waals surface area (Å²) in [6.07, 6.45) is 4.60. The van der Waals surface area contributed by atoms with Gasteiger partial charge in [-0.1, -0.05) is 0 Å². The molecule has 1 N–H and O–H groups in total. The van der Waals surface area contributed by atoms with E-state index in [0.717, 1.165) is 57.4 Å². The van der Waals surface area contributed by atoms with Crippen molar-refractivity contribution in [1.29, 1.82) is 0 Å². The van der Waals surface area contributed by atoms with Crippen LogP contribution < -0.4 is 5.32 Å². The molecule has 1 aliphatic carbocycles. The highest BCUT2D eigenvalue weighted by Gasteiger charge is 2.45. The van der Waals surface area contributed by atoms with Gasteiger partial charge in [0.2, 0.25) is 5.91 Å². The normalized spacial score (nSPS) is 37.3. The fourth-order valence-electron chi connectivity index (χ4n) is 3.47. The van der Waals surface area contributed by atoms with E-state index in [2.05, 4.69) is 10.2 Å². The third-order valence-electron chi connectivity index (χ3n) is 4.84. The standard InChI is InChI=1S/C14H24N2O2/c1-15-13-7-11-6-12(11)9-16(14(13)17)8-10-2-4-18-5-3-10/h10-13,15H,2-9H2,1H3. The number of ether oxygens (including phenoxy) is 1. The fraction of sp³-hybridized carbons (Fsp3) is 0.929. The van der Waals surface area contributed by atoms with Crippen LogP contribution in [0.4, 0.5) is 0 Å². The second kappa shape index (κ2) is 5.17. The maximum Gasteiger partial charge on any atom is 0.239 e. The lowest BCUT2D eigenvalue weighted by Crippen LogP contribution is -2.47. The zero-order valence-corrected chi connectivity index (χ0v) is 11.2. The predicted molar refractivity (Wildman–Crippen MR) is 69.2 cm³/mol. The molecule has 18 heavy (non-hydrogen) atoms. The van der Waals surface area contributed by atoms with Crippen LogP contribution in [-0.4, -0.2) is 50.2 Å². The second-order valence-electron chi connectivity index (χ2n) is 6.13. The second-order valence-corrected chi connectivity index (χ2v) is 6.13. The Hall–Kier alpha value is -0.610. The van der Waals surface area contributed by atoms with Crippen molar-refractivity contribution in [3.63, 3.8) is 0 Å². The van der Waals surface area contributed by atoms with Crippen LogP contribution in [0.3, 0.4) is 0 Å². The molecule has 0 aromatic heterocycles. The van der Waals surface area contributed by atoms with Gasteiger partial charge in [0.15, 0.2) is 0 Å². The summed E-state index contributed by atoms with van der Waals surface area (Å²) in [6.45, 7) is 3.69. The highest BCUT2D eigenvalue weighted by atomic mass is 16.5. The van der Waals surface area contributed by atoms with Gasteiger partial charge in [0, 0.05) is 26.3 Å². The largest absolute Gasteiger partial charge is 0.381 e. The molecule has 3 unspecified atom stereocenters. The molecule has 0 aromatic rings. The number of amides is 1. The molecule has 102 valence electrons. The van der Waals surface area contributed by atoms with E-state index in [1.54, 1.807) is 0 Å². The topological polar surface area (TPSA) is 41.6 Å². The number of hydrogen-bond donors (Lipinski definition) is 1. The summed E-state index contributed by atoms with van der Waals surface area (Å²) in [5.41, 5.74) is 0. The van der Waals surface area contributed by atoms with E-state index in [9.17, 15) is 4.79 Å². The molecule has 2 aliphatic heterocycles. The van der Waals surface area contributed by atoms with Gasteiger partial charge < -0.3 is 15.0 Å². The lowest BCUT2D eigenvalue weighted by molar-refractivity contribution is -0.134. The maximum atomic E-state index is 12.4. The van der Waals surface area contributed by atoms with Gasteiger partial charge in [0.1, 0.15) is 0 Å². The molecule has 3 rings (SSSR count). The molecule has 3 fully saturated rings. The number of hydrogen-bond acceptors (Lipinski definition) is 3. The van der Waals surface area contributed by atoms with Crippen LogP contribution in [0.2, 0.25) is 0 Å². The fourth-order valence-corrected chi connectivity index (χ4v) is 3.47. The van der Waals surface area contributed by atoms with Crippen LogP contribution in [0, 0.1) is 17.8 Å². The zero-order valence-electron chi connectivity index (χ0n) is 11.2. The van der Waals surface area contributed by atoms with Crippen LogP contribution in [0.15, 0.2) is 0 Å². The van der Waals surface area contributed by atoms with Crippen molar-refractivity contribution in [3.05, 3.63) is 0 Å². The average molecular weight is 252 g/mol. The van der Waals surface area contributed by atoms with E-state index in [1.807, 2.05) is 7.05 Å². The Morgan fingerprint density at radius 2 is 2.06 bits per heavy atom. The molecular weight excluding hydrogens is 228 g/mol. The number of nitrogens with zero attached hydrogens (tertiary/aromatic N) is 1. The summed E-state index contributed by atoms with van der Waals surface area (Å²) >= 11 is 0. The highest BCUT2D eigenvalue weighted by molar-refractivity contribution is 5.82. The molecular formula is C14H24N2O2. The molecule has 0 spiro atoms. The van der Waals surface area contributed by atoms with Crippen LogP contribution >= 0.6 is 0 Å². The minimum atomic E-state index is 0.0577. The van der Waals surface area contributed by atoms with Gasteiger partial charge in [-0.3, -0.25) is 4.79 Å². The minimum absolute atomic E-state index is 0.0577. The van der Waals surface area contributed by atoms with E-state index in [-0.39, 0.29) is 6.04 Å². The number of nitrogens with one attached hydrogen (secondary N) is 1. The lowest BCUT2D eigenvalue weighted by atomic mass is 9.99. The van der Waals surface area contributed by atoms with Crippen molar-refractivity contribution in [2.75, 3.05) is 33.4 Å². The number of likely N-dealkylation sites (N-methyl/N-ethyl adjacent to an activating group) is 1. The van der Waals surface area contributed by atoms with Crippen molar-refractivity contribution in [1.82, 2.24) is 10.2 Å². The molecule has 3 atom stereocenters. The molecule has 4 nitrogen and oxygen atoms in total. The molecule has 4 heteroatoms. The van der Waals surface area contributed by atoms with Crippen molar-refractivity contribution in [2.45, 2.75) is 31.7 Å². The van der Waals surface area contributed by atoms with Crippen LogP contribution in [0.5, 0.6) is 0 Å². The molecule has 2 saturated heterocycles. The summed E-state index contributed by atoms with van der Waals surface area (Å²) < 4.78 is 5.40. The van der Waals surface area contributed by atoms with Gasteiger partial charge >= 0.3 is 0 Å². The van der Waals surface area contributed by atoms with Crippen LogP contribution in [0.25, 0.3) is 0 Å². The Kier molecular flexibility index (Phi) is 3.57. The smallest absolute Gasteiger partial charge is 0.239 e. The predicted octanol–water partition coefficient (Wildman–Crippen LogP) is 0.869. The third kappa shape index (κ3) is 2.54. The van der Waals surface area contributed by atoms with Gasteiger partial charge in [0.05, 0.1) is 6.04 Å². The zero-order chi connectivity index (χ0) is 12.5. The first-order chi connectivity index (χ1) is 8.78. The van der Waals surface area contributed by atoms with E-state index in [4.69, 9.17) is 4.74 Å². The Morgan fingerprint density at radius 3 is 2.78 bits per heavy atom. The van der Waals surface area contributed by atoms with E-state index >= 15 is 0 Å². The van der Waals surface area contributed by atoms with E-state index < -0.39 is 0 Å². The molecule has 0 radical (unpaired) electrons. The third-order valence-corrected chi connectivity index (χ3v) is 4.84. The van der Waals surface area contributed by atoms with Crippen LogP contribution in [0.1, 0.15) is 25.7 Å². The van der Waals surface area contributed by atoms with Crippen molar-refractivity contribution >= 4 is 5.91 Å². The Balaban J connectivity index is 1.63. The first kappa shape index (κ1) is 12.4. The monoisotopic (exact) mass is 252 g/mol. The number of rotatable bonds is 3. The Bertz CT molecular complexity index is 315. The Labute approximate surface area is 109 Å². The summed E-state index contributed by atoms with van der Waals surface area (Å²) in [4.78, 5) is 14.6. The summed E-state index contributed by atoms with van der Waals surface area (Å²) in [5, 5.41) is 3.20. The number of fused-ring (bicyclic) bond motifs is 1. The summed E-state index contributed by atoms with van der Waals surface area (Å²) in [5.74, 6) is 2.56.